The summed E-state index contributed by atoms with van der Waals surface area (Å²) in [6, 6.07) is 0.329. The van der Waals surface area contributed by atoms with Crippen LogP contribution in [0.2, 0.25) is 0 Å². The summed E-state index contributed by atoms with van der Waals surface area (Å²) in [5.74, 6) is -2.46. The van der Waals surface area contributed by atoms with Crippen molar-refractivity contribution in [2.75, 3.05) is 11.4 Å². The molecule has 0 aliphatic carbocycles. The lowest BCUT2D eigenvalue weighted by molar-refractivity contribution is -0.192. The van der Waals surface area contributed by atoms with E-state index in [4.69, 9.17) is 9.90 Å². The molecule has 1 amide bonds. The first kappa shape index (κ1) is 22.8. The van der Waals surface area contributed by atoms with Gasteiger partial charge in [0.1, 0.15) is 0 Å². The van der Waals surface area contributed by atoms with E-state index in [1.807, 2.05) is 17.2 Å². The summed E-state index contributed by atoms with van der Waals surface area (Å²) in [5.41, 5.74) is 0.947. The van der Waals surface area contributed by atoms with Gasteiger partial charge in [-0.05, 0) is 19.8 Å². The number of anilines is 1. The Morgan fingerprint density at radius 3 is 2.45 bits per heavy atom. The van der Waals surface area contributed by atoms with Crippen molar-refractivity contribution in [1.82, 2.24) is 19.9 Å². The first-order chi connectivity index (χ1) is 14.6. The Balaban J connectivity index is 0.000000339. The van der Waals surface area contributed by atoms with Gasteiger partial charge >= 0.3 is 12.1 Å². The minimum absolute atomic E-state index is 0.141. The van der Waals surface area contributed by atoms with Gasteiger partial charge in [-0.1, -0.05) is 0 Å². The number of carboxylic acid groups (broad SMARTS) is 1. The second-order valence-corrected chi connectivity index (χ2v) is 8.10. The van der Waals surface area contributed by atoms with Crippen LogP contribution in [-0.2, 0) is 16.1 Å². The molecule has 0 aromatic carbocycles. The van der Waals surface area contributed by atoms with Crippen LogP contribution in [0.1, 0.15) is 30.0 Å². The van der Waals surface area contributed by atoms with Crippen molar-refractivity contribution < 1.29 is 32.3 Å². The van der Waals surface area contributed by atoms with Crippen LogP contribution in [0, 0.1) is 12.7 Å². The summed E-state index contributed by atoms with van der Waals surface area (Å²) in [6.07, 6.45) is -0.516. The molecule has 4 heterocycles. The van der Waals surface area contributed by atoms with Crippen LogP contribution in [0.5, 0.6) is 0 Å². The minimum Gasteiger partial charge on any atom is -0.475 e. The summed E-state index contributed by atoms with van der Waals surface area (Å²) in [5, 5.41) is 10.2. The lowest BCUT2D eigenvalue weighted by Gasteiger charge is -2.39. The quantitative estimate of drug-likeness (QED) is 0.702. The van der Waals surface area contributed by atoms with Gasteiger partial charge in [-0.15, -0.1) is 11.3 Å². The maximum Gasteiger partial charge on any atom is 0.490 e. The highest BCUT2D eigenvalue weighted by atomic mass is 32.1. The van der Waals surface area contributed by atoms with E-state index in [0.717, 1.165) is 30.1 Å². The van der Waals surface area contributed by atoms with Crippen molar-refractivity contribution in [1.29, 1.82) is 0 Å². The zero-order chi connectivity index (χ0) is 22.8. The van der Waals surface area contributed by atoms with E-state index in [2.05, 4.69) is 19.9 Å². The highest BCUT2D eigenvalue weighted by molar-refractivity contribution is 7.09. The van der Waals surface area contributed by atoms with Crippen LogP contribution >= 0.6 is 11.3 Å². The lowest BCUT2D eigenvalue weighted by atomic mass is 9.96. The summed E-state index contributed by atoms with van der Waals surface area (Å²) >= 11 is 1.60. The second kappa shape index (κ2) is 9.12. The average molecular weight is 461 g/mol. The van der Waals surface area contributed by atoms with Gasteiger partial charge in [0.15, 0.2) is 5.82 Å². The Bertz CT molecular complexity index is 937. The number of rotatable bonds is 3. The average Bonchev–Trinajstić information content (AvgIpc) is 3.30. The van der Waals surface area contributed by atoms with Crippen molar-refractivity contribution in [3.63, 3.8) is 0 Å². The number of alkyl halides is 3. The fourth-order valence-corrected chi connectivity index (χ4v) is 4.32. The number of carbonyl (C=O) groups is 2. The molecule has 2 aromatic heterocycles. The van der Waals surface area contributed by atoms with Crippen LogP contribution in [0.15, 0.2) is 17.8 Å². The van der Waals surface area contributed by atoms with E-state index in [-0.39, 0.29) is 18.0 Å². The minimum atomic E-state index is -5.08. The second-order valence-electron chi connectivity index (χ2n) is 7.04. The van der Waals surface area contributed by atoms with Gasteiger partial charge in [-0.2, -0.15) is 13.2 Å². The van der Waals surface area contributed by atoms with E-state index >= 15 is 0 Å². The molecule has 2 aromatic rings. The third-order valence-corrected chi connectivity index (χ3v) is 5.81. The molecule has 4 rings (SSSR count). The summed E-state index contributed by atoms with van der Waals surface area (Å²) < 4.78 is 44.8. The fraction of sp³-hybridized carbons (Fsp3) is 0.500. The number of hydrogen-bond donors (Lipinski definition) is 1. The van der Waals surface area contributed by atoms with Crippen LogP contribution in [0.25, 0.3) is 0 Å². The van der Waals surface area contributed by atoms with Crippen LogP contribution in [0.4, 0.5) is 23.5 Å². The normalized spacial score (nSPS) is 20.9. The predicted molar refractivity (Wildman–Crippen MR) is 102 cm³/mol. The van der Waals surface area contributed by atoms with Crippen LogP contribution < -0.4 is 4.90 Å². The number of aromatic nitrogens is 3. The van der Waals surface area contributed by atoms with Gasteiger partial charge in [0, 0.05) is 18.3 Å². The van der Waals surface area contributed by atoms with Gasteiger partial charge in [0.2, 0.25) is 11.9 Å². The van der Waals surface area contributed by atoms with Crippen molar-refractivity contribution >= 4 is 29.2 Å². The van der Waals surface area contributed by atoms with Gasteiger partial charge in [0.05, 0.1) is 41.7 Å². The van der Waals surface area contributed by atoms with Crippen LogP contribution in [-0.4, -0.2) is 61.6 Å². The van der Waals surface area contributed by atoms with E-state index in [9.17, 15) is 22.4 Å². The lowest BCUT2D eigenvalue weighted by Crippen LogP contribution is -2.52. The molecule has 2 saturated heterocycles. The Hall–Kier alpha value is -2.83. The number of nitrogens with zero attached hydrogens (tertiary/aromatic N) is 5. The molecule has 1 N–H and O–H groups in total. The van der Waals surface area contributed by atoms with Crippen molar-refractivity contribution in [3.8, 4) is 0 Å². The number of halogens is 4. The Labute approximate surface area is 178 Å². The maximum atomic E-state index is 13.1. The fourth-order valence-electron chi connectivity index (χ4n) is 3.71. The molecule has 2 aliphatic rings. The number of aliphatic carboxylic acids is 1. The van der Waals surface area contributed by atoms with Gasteiger partial charge in [0.25, 0.3) is 0 Å². The first-order valence-corrected chi connectivity index (χ1v) is 10.2. The van der Waals surface area contributed by atoms with Crippen LogP contribution in [0.3, 0.4) is 0 Å². The number of thiazole rings is 1. The smallest absolute Gasteiger partial charge is 0.475 e. The monoisotopic (exact) mass is 461 g/mol. The van der Waals surface area contributed by atoms with Crippen molar-refractivity contribution in [3.05, 3.63) is 34.3 Å². The van der Waals surface area contributed by atoms with E-state index in [1.165, 1.54) is 12.4 Å². The molecule has 31 heavy (non-hydrogen) atoms. The highest BCUT2D eigenvalue weighted by Gasteiger charge is 2.44. The van der Waals surface area contributed by atoms with E-state index in [0.29, 0.717) is 18.9 Å². The topological polar surface area (TPSA) is 99.5 Å². The molecule has 0 saturated carbocycles. The van der Waals surface area contributed by atoms with Gasteiger partial charge in [-0.3, -0.25) is 4.79 Å². The molecule has 0 bridgehead atoms. The number of carbonyl (C=O) groups excluding carboxylic acids is 1. The molecule has 0 radical (unpaired) electrons. The third kappa shape index (κ3) is 5.46. The molecular formula is C18H19F4N5O3S. The number of aryl methyl sites for hydroxylation is 1. The molecular weight excluding hydrogens is 442 g/mol. The van der Waals surface area contributed by atoms with E-state index in [1.54, 1.807) is 11.3 Å². The zero-order valence-corrected chi connectivity index (χ0v) is 17.2. The first-order valence-electron chi connectivity index (χ1n) is 9.31. The highest BCUT2D eigenvalue weighted by Crippen LogP contribution is 2.34. The van der Waals surface area contributed by atoms with Gasteiger partial charge in [-0.25, -0.2) is 24.1 Å². The molecule has 168 valence electrons. The standard InChI is InChI=1S/C16H18FN5OS.C2HF3O2/c1-10-20-12(9-24-10)8-22-14-4-5-21(13(14)2-3-15(22)23)16-18-6-11(17)7-19-16;3-2(4,5)1(6)7/h6-7,9,13-14H,2-5,8H2,1H3;(H,6,7)/t13-,14-;/m1./s1. The summed E-state index contributed by atoms with van der Waals surface area (Å²) in [6.45, 7) is 3.31. The number of likely N-dealkylation sites (tertiary alicyclic amines) is 1. The van der Waals surface area contributed by atoms with Crippen molar-refractivity contribution in [2.24, 2.45) is 0 Å². The Kier molecular flexibility index (Phi) is 6.72. The zero-order valence-electron chi connectivity index (χ0n) is 16.3. The molecule has 0 unspecified atom stereocenters. The summed E-state index contributed by atoms with van der Waals surface area (Å²) in [7, 11) is 0. The molecule has 13 heteroatoms. The molecule has 8 nitrogen and oxygen atoms in total. The van der Waals surface area contributed by atoms with E-state index < -0.39 is 18.0 Å². The molecule has 2 fully saturated rings. The SMILES string of the molecule is Cc1nc(CN2C(=O)CC[C@@H]3[C@H]2CCN3c2ncc(F)cn2)cs1.O=C(O)C(F)(F)F. The molecule has 0 spiro atoms. The number of hydrogen-bond acceptors (Lipinski definition) is 7. The maximum absolute atomic E-state index is 13.1. The Morgan fingerprint density at radius 1 is 1.26 bits per heavy atom. The largest absolute Gasteiger partial charge is 0.490 e. The number of carboxylic acids is 1. The number of amides is 1. The number of fused-ring (bicyclic) bond motifs is 1. The predicted octanol–water partition coefficient (Wildman–Crippen LogP) is 2.78. The molecule has 2 aliphatic heterocycles. The Morgan fingerprint density at radius 2 is 1.90 bits per heavy atom. The molecule has 2 atom stereocenters. The van der Waals surface area contributed by atoms with Crippen molar-refractivity contribution in [2.45, 2.75) is 51.0 Å². The summed E-state index contributed by atoms with van der Waals surface area (Å²) in [4.78, 5) is 38.1. The number of piperidine rings is 1. The van der Waals surface area contributed by atoms with Gasteiger partial charge < -0.3 is 14.9 Å². The third-order valence-electron chi connectivity index (χ3n) is 4.99.